The predicted molar refractivity (Wildman–Crippen MR) is 93.4 cm³/mol. The first kappa shape index (κ1) is 14.6. The Bertz CT molecular complexity index is 890. The maximum Gasteiger partial charge on any atom is 0.134 e. The minimum absolute atomic E-state index is 0. The molecule has 110 valence electrons. The van der Waals surface area contributed by atoms with E-state index in [1.54, 1.807) is 0 Å². The van der Waals surface area contributed by atoms with E-state index in [0.717, 1.165) is 22.3 Å². The van der Waals surface area contributed by atoms with Crippen molar-refractivity contribution in [1.29, 1.82) is 0 Å². The largest absolute Gasteiger partial charge is 0.459 e. The zero-order chi connectivity index (χ0) is 14.2. The smallest absolute Gasteiger partial charge is 0.134 e. The van der Waals surface area contributed by atoms with Crippen molar-refractivity contribution in [3.8, 4) is 0 Å². The van der Waals surface area contributed by atoms with Crippen LogP contribution in [0.25, 0.3) is 21.7 Å². The Kier molecular flexibility index (Phi) is 3.88. The average molecular weight is 310 g/mol. The Hall–Kier alpha value is -2.29. The first-order chi connectivity index (χ1) is 10.3. The van der Waals surface area contributed by atoms with Crippen molar-refractivity contribution in [1.82, 2.24) is 0 Å². The molecule has 2 N–H and O–H groups in total. The summed E-state index contributed by atoms with van der Waals surface area (Å²) in [6.45, 7) is 0. The van der Waals surface area contributed by atoms with Crippen molar-refractivity contribution in [2.24, 2.45) is 5.73 Å². The van der Waals surface area contributed by atoms with E-state index in [9.17, 15) is 0 Å². The number of benzene rings is 3. The summed E-state index contributed by atoms with van der Waals surface area (Å²) in [6, 6.07) is 24.2. The van der Waals surface area contributed by atoms with Crippen molar-refractivity contribution in [3.63, 3.8) is 0 Å². The van der Waals surface area contributed by atoms with E-state index < -0.39 is 0 Å². The Morgan fingerprint density at radius 3 is 2.27 bits per heavy atom. The van der Waals surface area contributed by atoms with Crippen LogP contribution >= 0.6 is 12.4 Å². The van der Waals surface area contributed by atoms with Gasteiger partial charge in [-0.2, -0.15) is 0 Å². The van der Waals surface area contributed by atoms with Crippen molar-refractivity contribution in [3.05, 3.63) is 84.1 Å². The zero-order valence-electron chi connectivity index (χ0n) is 11.9. The summed E-state index contributed by atoms with van der Waals surface area (Å²) in [5, 5.41) is 3.46. The van der Waals surface area contributed by atoms with Crippen LogP contribution in [0.4, 0.5) is 0 Å². The molecule has 1 heterocycles. The van der Waals surface area contributed by atoms with Crippen LogP contribution in [0.3, 0.4) is 0 Å². The van der Waals surface area contributed by atoms with Crippen molar-refractivity contribution in [2.75, 3.05) is 0 Å². The number of halogens is 1. The van der Waals surface area contributed by atoms with Gasteiger partial charge in [-0.15, -0.1) is 12.4 Å². The second kappa shape index (κ2) is 5.84. The Morgan fingerprint density at radius 1 is 0.773 bits per heavy atom. The van der Waals surface area contributed by atoms with E-state index in [2.05, 4.69) is 24.3 Å². The monoisotopic (exact) mass is 309 g/mol. The molecular formula is C19H16ClNO. The summed E-state index contributed by atoms with van der Waals surface area (Å²) in [7, 11) is 0. The van der Waals surface area contributed by atoms with Gasteiger partial charge in [0.2, 0.25) is 0 Å². The van der Waals surface area contributed by atoms with Crippen LogP contribution in [0.1, 0.15) is 17.4 Å². The van der Waals surface area contributed by atoms with Gasteiger partial charge in [-0.3, -0.25) is 0 Å². The molecule has 22 heavy (non-hydrogen) atoms. The summed E-state index contributed by atoms with van der Waals surface area (Å²) < 4.78 is 5.91. The van der Waals surface area contributed by atoms with Gasteiger partial charge in [-0.05, 0) is 28.5 Å². The van der Waals surface area contributed by atoms with Crippen molar-refractivity contribution in [2.45, 2.75) is 6.04 Å². The van der Waals surface area contributed by atoms with Gasteiger partial charge in [0.1, 0.15) is 11.3 Å². The molecule has 4 aromatic rings. The van der Waals surface area contributed by atoms with Crippen LogP contribution < -0.4 is 5.73 Å². The van der Waals surface area contributed by atoms with Gasteiger partial charge in [0.25, 0.3) is 0 Å². The van der Waals surface area contributed by atoms with Crippen LogP contribution in [-0.2, 0) is 0 Å². The van der Waals surface area contributed by atoms with Gasteiger partial charge < -0.3 is 10.2 Å². The lowest BCUT2D eigenvalue weighted by Gasteiger charge is -2.12. The second-order valence-corrected chi connectivity index (χ2v) is 5.23. The molecule has 0 amide bonds. The van der Waals surface area contributed by atoms with Crippen LogP contribution in [0, 0.1) is 0 Å². The van der Waals surface area contributed by atoms with Gasteiger partial charge in [0.05, 0.1) is 6.04 Å². The van der Waals surface area contributed by atoms with E-state index in [0.29, 0.717) is 0 Å². The normalized spacial score (nSPS) is 12.2. The molecule has 3 heteroatoms. The highest BCUT2D eigenvalue weighted by molar-refractivity contribution is 5.87. The fraction of sp³-hybridized carbons (Fsp3) is 0.0526. The first-order valence-electron chi connectivity index (χ1n) is 7.04. The molecule has 1 aromatic heterocycles. The summed E-state index contributed by atoms with van der Waals surface area (Å²) in [6.07, 6.45) is 0. The second-order valence-electron chi connectivity index (χ2n) is 5.23. The van der Waals surface area contributed by atoms with E-state index in [1.807, 2.05) is 48.5 Å². The molecular weight excluding hydrogens is 294 g/mol. The Balaban J connectivity index is 0.00000144. The molecule has 0 saturated carbocycles. The fourth-order valence-electron chi connectivity index (χ4n) is 2.83. The van der Waals surface area contributed by atoms with E-state index >= 15 is 0 Å². The van der Waals surface area contributed by atoms with Gasteiger partial charge in [-0.1, -0.05) is 60.7 Å². The van der Waals surface area contributed by atoms with E-state index in [-0.39, 0.29) is 18.4 Å². The van der Waals surface area contributed by atoms with Gasteiger partial charge in [0, 0.05) is 5.39 Å². The number of para-hydroxylation sites is 1. The molecule has 0 aliphatic heterocycles. The van der Waals surface area contributed by atoms with E-state index in [4.69, 9.17) is 10.2 Å². The molecule has 0 aliphatic carbocycles. The third-order valence-corrected chi connectivity index (χ3v) is 3.91. The van der Waals surface area contributed by atoms with E-state index in [1.165, 1.54) is 10.8 Å². The molecule has 4 rings (SSSR count). The standard InChI is InChI=1S/C19H15NO.ClH/c20-19(18-12-14-7-2-4-11-17(14)21-18)16-10-5-8-13-6-1-3-9-15(13)16;/h1-12,19H,20H2;1H. The highest BCUT2D eigenvalue weighted by Gasteiger charge is 2.16. The van der Waals surface area contributed by atoms with Crippen molar-refractivity contribution < 1.29 is 4.42 Å². The highest BCUT2D eigenvalue weighted by Crippen LogP contribution is 2.30. The lowest BCUT2D eigenvalue weighted by molar-refractivity contribution is 0.526. The Morgan fingerprint density at radius 2 is 1.45 bits per heavy atom. The maximum absolute atomic E-state index is 6.45. The highest BCUT2D eigenvalue weighted by atomic mass is 35.5. The number of hydrogen-bond acceptors (Lipinski definition) is 2. The topological polar surface area (TPSA) is 39.2 Å². The summed E-state index contributed by atoms with van der Waals surface area (Å²) in [5.74, 6) is 0.799. The number of hydrogen-bond donors (Lipinski definition) is 1. The lowest BCUT2D eigenvalue weighted by atomic mass is 9.98. The molecule has 3 aromatic carbocycles. The third-order valence-electron chi connectivity index (χ3n) is 3.91. The summed E-state index contributed by atoms with van der Waals surface area (Å²) in [5.41, 5.74) is 8.42. The SMILES string of the molecule is Cl.NC(c1cc2ccccc2o1)c1cccc2ccccc12. The van der Waals surface area contributed by atoms with Crippen LogP contribution in [0.2, 0.25) is 0 Å². The third kappa shape index (κ3) is 2.37. The molecule has 1 atom stereocenters. The predicted octanol–water partition coefficient (Wildman–Crippen LogP) is 5.06. The lowest BCUT2D eigenvalue weighted by Crippen LogP contribution is -2.11. The quantitative estimate of drug-likeness (QED) is 0.562. The zero-order valence-corrected chi connectivity index (χ0v) is 12.7. The minimum Gasteiger partial charge on any atom is -0.459 e. The maximum atomic E-state index is 6.45. The molecule has 2 nitrogen and oxygen atoms in total. The van der Waals surface area contributed by atoms with Gasteiger partial charge in [-0.25, -0.2) is 0 Å². The molecule has 0 aliphatic rings. The summed E-state index contributed by atoms with van der Waals surface area (Å²) in [4.78, 5) is 0. The molecule has 0 fully saturated rings. The first-order valence-corrected chi connectivity index (χ1v) is 7.04. The average Bonchev–Trinajstić information content (AvgIpc) is 2.97. The van der Waals surface area contributed by atoms with Gasteiger partial charge in [0.15, 0.2) is 0 Å². The number of rotatable bonds is 2. The molecule has 1 unspecified atom stereocenters. The molecule has 0 spiro atoms. The summed E-state index contributed by atoms with van der Waals surface area (Å²) >= 11 is 0. The fourth-order valence-corrected chi connectivity index (χ4v) is 2.83. The molecule has 0 bridgehead atoms. The van der Waals surface area contributed by atoms with Crippen LogP contribution in [0.15, 0.2) is 77.2 Å². The van der Waals surface area contributed by atoms with Crippen LogP contribution in [0.5, 0.6) is 0 Å². The number of furan rings is 1. The molecule has 0 saturated heterocycles. The Labute approximate surface area is 135 Å². The minimum atomic E-state index is -0.261. The van der Waals surface area contributed by atoms with Gasteiger partial charge >= 0.3 is 0 Å². The number of fused-ring (bicyclic) bond motifs is 2. The number of nitrogens with two attached hydrogens (primary N) is 1. The molecule has 0 radical (unpaired) electrons. The van der Waals surface area contributed by atoms with Crippen LogP contribution in [-0.4, -0.2) is 0 Å². The van der Waals surface area contributed by atoms with Crippen molar-refractivity contribution >= 4 is 34.1 Å².